The highest BCUT2D eigenvalue weighted by Crippen LogP contribution is 2.10. The number of hydrogen-bond donors (Lipinski definition) is 1. The van der Waals surface area contributed by atoms with E-state index in [0.29, 0.717) is 5.69 Å². The lowest BCUT2D eigenvalue weighted by Gasteiger charge is -2.33. The van der Waals surface area contributed by atoms with Gasteiger partial charge in [0.25, 0.3) is 5.91 Å². The Morgan fingerprint density at radius 3 is 2.57 bits per heavy atom. The number of aromatic nitrogens is 1. The number of nitrogens with zero attached hydrogens (tertiary/aromatic N) is 3. The second kappa shape index (κ2) is 7.98. The molecule has 1 aliphatic rings. The molecule has 0 bridgehead atoms. The van der Waals surface area contributed by atoms with Crippen LogP contribution in [0.15, 0.2) is 18.3 Å². The first-order valence-corrected chi connectivity index (χ1v) is 7.96. The first-order valence-electron chi connectivity index (χ1n) is 7.96. The van der Waals surface area contributed by atoms with Gasteiger partial charge < -0.3 is 15.1 Å². The van der Waals surface area contributed by atoms with Crippen molar-refractivity contribution in [3.8, 4) is 0 Å². The van der Waals surface area contributed by atoms with Crippen molar-refractivity contribution in [3.05, 3.63) is 24.0 Å². The fraction of sp³-hybridized carbons (Fsp3) is 0.625. The fourth-order valence-corrected chi connectivity index (χ4v) is 2.46. The lowest BCUT2D eigenvalue weighted by Crippen LogP contribution is -2.48. The molecule has 1 amide bonds. The molecule has 0 unspecified atom stereocenters. The normalized spacial score (nSPS) is 16.0. The van der Waals surface area contributed by atoms with Gasteiger partial charge in [-0.1, -0.05) is 20.3 Å². The quantitative estimate of drug-likeness (QED) is 0.815. The number of piperazine rings is 1. The minimum Gasteiger partial charge on any atom is -0.384 e. The SMILES string of the molecule is CCCCNc1ccc(C(=O)N2CCN(CC)CC2)nc1. The zero-order valence-corrected chi connectivity index (χ0v) is 13.1. The summed E-state index contributed by atoms with van der Waals surface area (Å²) >= 11 is 0. The van der Waals surface area contributed by atoms with Gasteiger partial charge in [0.15, 0.2) is 0 Å². The molecule has 5 nitrogen and oxygen atoms in total. The highest BCUT2D eigenvalue weighted by molar-refractivity contribution is 5.92. The van der Waals surface area contributed by atoms with Gasteiger partial charge in [-0.2, -0.15) is 0 Å². The van der Waals surface area contributed by atoms with E-state index in [1.54, 1.807) is 6.20 Å². The second-order valence-electron chi connectivity index (χ2n) is 5.44. The van der Waals surface area contributed by atoms with E-state index in [1.165, 1.54) is 6.42 Å². The Hall–Kier alpha value is -1.62. The van der Waals surface area contributed by atoms with Crippen LogP contribution in [0.4, 0.5) is 5.69 Å². The third-order valence-electron chi connectivity index (χ3n) is 3.95. The van der Waals surface area contributed by atoms with Gasteiger partial charge in [0.05, 0.1) is 11.9 Å². The summed E-state index contributed by atoms with van der Waals surface area (Å²) in [4.78, 5) is 21.0. The molecule has 1 saturated heterocycles. The summed E-state index contributed by atoms with van der Waals surface area (Å²) in [5.74, 6) is 0.0471. The van der Waals surface area contributed by atoms with E-state index in [4.69, 9.17) is 0 Å². The van der Waals surface area contributed by atoms with Gasteiger partial charge in [-0.05, 0) is 25.1 Å². The lowest BCUT2D eigenvalue weighted by atomic mass is 10.2. The molecule has 1 aromatic rings. The van der Waals surface area contributed by atoms with Gasteiger partial charge in [-0.3, -0.25) is 4.79 Å². The molecular formula is C16H26N4O. The minimum atomic E-state index is 0.0471. The minimum absolute atomic E-state index is 0.0471. The van der Waals surface area contributed by atoms with Crippen molar-refractivity contribution < 1.29 is 4.79 Å². The maximum Gasteiger partial charge on any atom is 0.272 e. The van der Waals surface area contributed by atoms with Crippen LogP contribution in [0.1, 0.15) is 37.2 Å². The molecule has 116 valence electrons. The summed E-state index contributed by atoms with van der Waals surface area (Å²) in [6.45, 7) is 9.83. The number of pyridine rings is 1. The zero-order valence-electron chi connectivity index (χ0n) is 13.1. The van der Waals surface area contributed by atoms with Gasteiger partial charge in [-0.15, -0.1) is 0 Å². The third-order valence-corrected chi connectivity index (χ3v) is 3.95. The number of unbranched alkanes of at least 4 members (excludes halogenated alkanes) is 1. The van der Waals surface area contributed by atoms with Gasteiger partial charge in [0.1, 0.15) is 5.69 Å². The smallest absolute Gasteiger partial charge is 0.272 e. The van der Waals surface area contributed by atoms with Crippen molar-refractivity contribution in [2.45, 2.75) is 26.7 Å². The number of nitrogens with one attached hydrogen (secondary N) is 1. The summed E-state index contributed by atoms with van der Waals surface area (Å²) in [5, 5.41) is 3.31. The lowest BCUT2D eigenvalue weighted by molar-refractivity contribution is 0.0637. The molecule has 0 atom stereocenters. The molecule has 21 heavy (non-hydrogen) atoms. The predicted molar refractivity (Wildman–Crippen MR) is 85.7 cm³/mol. The van der Waals surface area contributed by atoms with Crippen molar-refractivity contribution in [2.24, 2.45) is 0 Å². The van der Waals surface area contributed by atoms with E-state index in [9.17, 15) is 4.79 Å². The number of amides is 1. The van der Waals surface area contributed by atoms with Crippen LogP contribution < -0.4 is 5.32 Å². The Labute approximate surface area is 127 Å². The third kappa shape index (κ3) is 4.43. The first-order chi connectivity index (χ1) is 10.2. The van der Waals surface area contributed by atoms with Crippen LogP contribution in [0, 0.1) is 0 Å². The van der Waals surface area contributed by atoms with Gasteiger partial charge in [-0.25, -0.2) is 4.98 Å². The average molecular weight is 290 g/mol. The Kier molecular flexibility index (Phi) is 5.99. The number of likely N-dealkylation sites (N-methyl/N-ethyl adjacent to an activating group) is 1. The van der Waals surface area contributed by atoms with Crippen LogP contribution in [-0.4, -0.2) is 60.0 Å². The maximum atomic E-state index is 12.4. The van der Waals surface area contributed by atoms with Crippen molar-refractivity contribution in [1.29, 1.82) is 0 Å². The standard InChI is InChI=1S/C16H26N4O/c1-3-5-8-17-14-6-7-15(18-13-14)16(21)20-11-9-19(4-2)10-12-20/h6-7,13,17H,3-5,8-12H2,1-2H3. The molecule has 0 aliphatic carbocycles. The van der Waals surface area contributed by atoms with E-state index in [-0.39, 0.29) is 5.91 Å². The number of anilines is 1. The second-order valence-corrected chi connectivity index (χ2v) is 5.44. The largest absolute Gasteiger partial charge is 0.384 e. The number of rotatable bonds is 6. The number of carbonyl (C=O) groups is 1. The van der Waals surface area contributed by atoms with Crippen LogP contribution in [0.5, 0.6) is 0 Å². The number of hydrogen-bond acceptors (Lipinski definition) is 4. The van der Waals surface area contributed by atoms with E-state index < -0.39 is 0 Å². The van der Waals surface area contributed by atoms with Crippen molar-refractivity contribution >= 4 is 11.6 Å². The summed E-state index contributed by atoms with van der Waals surface area (Å²) < 4.78 is 0. The van der Waals surface area contributed by atoms with E-state index in [2.05, 4.69) is 29.0 Å². The Morgan fingerprint density at radius 2 is 2.00 bits per heavy atom. The van der Waals surface area contributed by atoms with E-state index in [1.807, 2.05) is 17.0 Å². The Morgan fingerprint density at radius 1 is 1.24 bits per heavy atom. The zero-order chi connectivity index (χ0) is 15.1. The molecule has 2 heterocycles. The molecular weight excluding hydrogens is 264 g/mol. The molecule has 0 saturated carbocycles. The summed E-state index contributed by atoms with van der Waals surface area (Å²) in [5.41, 5.74) is 1.52. The van der Waals surface area contributed by atoms with Gasteiger partial charge >= 0.3 is 0 Å². The molecule has 1 aliphatic heterocycles. The summed E-state index contributed by atoms with van der Waals surface area (Å²) in [7, 11) is 0. The molecule has 0 radical (unpaired) electrons. The summed E-state index contributed by atoms with van der Waals surface area (Å²) in [6.07, 6.45) is 4.06. The van der Waals surface area contributed by atoms with Crippen molar-refractivity contribution in [2.75, 3.05) is 44.6 Å². The molecule has 0 aromatic carbocycles. The van der Waals surface area contributed by atoms with Crippen LogP contribution in [0.2, 0.25) is 0 Å². The van der Waals surface area contributed by atoms with Crippen LogP contribution >= 0.6 is 0 Å². The predicted octanol–water partition coefficient (Wildman–Crippen LogP) is 2.07. The molecule has 0 spiro atoms. The van der Waals surface area contributed by atoms with Crippen LogP contribution in [0.3, 0.4) is 0 Å². The number of carbonyl (C=O) groups excluding carboxylic acids is 1. The Bertz CT molecular complexity index is 438. The fourth-order valence-electron chi connectivity index (χ4n) is 2.46. The van der Waals surface area contributed by atoms with E-state index in [0.717, 1.165) is 51.4 Å². The van der Waals surface area contributed by atoms with Crippen LogP contribution in [-0.2, 0) is 0 Å². The topological polar surface area (TPSA) is 48.5 Å². The molecule has 1 N–H and O–H groups in total. The van der Waals surface area contributed by atoms with Crippen LogP contribution in [0.25, 0.3) is 0 Å². The monoisotopic (exact) mass is 290 g/mol. The van der Waals surface area contributed by atoms with Gasteiger partial charge in [0.2, 0.25) is 0 Å². The molecule has 2 rings (SSSR count). The Balaban J connectivity index is 1.88. The van der Waals surface area contributed by atoms with Gasteiger partial charge in [0, 0.05) is 32.7 Å². The first kappa shape index (κ1) is 15.8. The van der Waals surface area contributed by atoms with Crippen molar-refractivity contribution in [1.82, 2.24) is 14.8 Å². The van der Waals surface area contributed by atoms with E-state index >= 15 is 0 Å². The summed E-state index contributed by atoms with van der Waals surface area (Å²) in [6, 6.07) is 3.76. The highest BCUT2D eigenvalue weighted by atomic mass is 16.2. The molecule has 1 fully saturated rings. The van der Waals surface area contributed by atoms with Crippen molar-refractivity contribution in [3.63, 3.8) is 0 Å². The maximum absolute atomic E-state index is 12.4. The highest BCUT2D eigenvalue weighted by Gasteiger charge is 2.21. The average Bonchev–Trinajstić information content (AvgIpc) is 2.55. The molecule has 5 heteroatoms. The molecule has 1 aromatic heterocycles.